The number of para-hydroxylation sites is 4. The van der Waals surface area contributed by atoms with Crippen LogP contribution in [0, 0.1) is 5.92 Å². The largest absolute Gasteiger partial charge is 0.455 e. The molecular weight excluding hydrogens is 364 g/mol. The standard InChI is InChI=1S/C24H22N2O3/c1-25(19-10-4-2-5-11-19)24(28)18-16-23(27)26(17-18)21-14-8-9-15-22(21)29-20-12-6-3-7-13-20/h2-15,18H,16-17H2,1H3. The lowest BCUT2D eigenvalue weighted by atomic mass is 10.1. The second kappa shape index (κ2) is 8.19. The molecule has 1 aliphatic rings. The number of hydrogen-bond donors (Lipinski definition) is 0. The summed E-state index contributed by atoms with van der Waals surface area (Å²) in [5.41, 5.74) is 1.50. The Morgan fingerprint density at radius 2 is 1.55 bits per heavy atom. The molecular formula is C24H22N2O3. The Kier molecular flexibility index (Phi) is 5.29. The van der Waals surface area contributed by atoms with Crippen LogP contribution in [0.4, 0.5) is 11.4 Å². The highest BCUT2D eigenvalue weighted by Crippen LogP contribution is 2.36. The zero-order chi connectivity index (χ0) is 20.2. The fraction of sp³-hybridized carbons (Fsp3) is 0.167. The molecule has 1 aliphatic heterocycles. The minimum atomic E-state index is -0.391. The third-order valence-electron chi connectivity index (χ3n) is 5.08. The molecule has 2 amide bonds. The summed E-state index contributed by atoms with van der Waals surface area (Å²) >= 11 is 0. The average molecular weight is 386 g/mol. The van der Waals surface area contributed by atoms with Gasteiger partial charge in [-0.1, -0.05) is 48.5 Å². The van der Waals surface area contributed by atoms with Gasteiger partial charge in [0.15, 0.2) is 5.75 Å². The summed E-state index contributed by atoms with van der Waals surface area (Å²) in [6, 6.07) is 26.3. The van der Waals surface area contributed by atoms with Crippen LogP contribution in [0.2, 0.25) is 0 Å². The molecule has 0 N–H and O–H groups in total. The molecule has 1 atom stereocenters. The maximum Gasteiger partial charge on any atom is 0.232 e. The van der Waals surface area contributed by atoms with E-state index in [-0.39, 0.29) is 18.2 Å². The maximum atomic E-state index is 13.0. The van der Waals surface area contributed by atoms with E-state index in [2.05, 4.69) is 0 Å². The van der Waals surface area contributed by atoms with Crippen molar-refractivity contribution in [2.24, 2.45) is 5.92 Å². The van der Waals surface area contributed by atoms with Crippen molar-refractivity contribution in [3.05, 3.63) is 84.9 Å². The highest BCUT2D eigenvalue weighted by Gasteiger charge is 2.37. The minimum absolute atomic E-state index is 0.0616. The third kappa shape index (κ3) is 3.99. The molecule has 1 unspecified atom stereocenters. The van der Waals surface area contributed by atoms with Gasteiger partial charge in [-0.2, -0.15) is 0 Å². The smallest absolute Gasteiger partial charge is 0.232 e. The topological polar surface area (TPSA) is 49.9 Å². The molecule has 1 fully saturated rings. The van der Waals surface area contributed by atoms with Gasteiger partial charge in [0, 0.05) is 25.7 Å². The molecule has 29 heavy (non-hydrogen) atoms. The summed E-state index contributed by atoms with van der Waals surface area (Å²) in [7, 11) is 1.75. The highest BCUT2D eigenvalue weighted by atomic mass is 16.5. The first-order valence-corrected chi connectivity index (χ1v) is 9.58. The molecule has 1 saturated heterocycles. The Morgan fingerprint density at radius 3 is 2.28 bits per heavy atom. The number of rotatable bonds is 5. The molecule has 5 nitrogen and oxygen atoms in total. The zero-order valence-electron chi connectivity index (χ0n) is 16.2. The Labute approximate surface area is 170 Å². The minimum Gasteiger partial charge on any atom is -0.455 e. The van der Waals surface area contributed by atoms with E-state index >= 15 is 0 Å². The van der Waals surface area contributed by atoms with Crippen LogP contribution in [0.15, 0.2) is 84.9 Å². The van der Waals surface area contributed by atoms with Crippen LogP contribution >= 0.6 is 0 Å². The van der Waals surface area contributed by atoms with E-state index in [9.17, 15) is 9.59 Å². The number of carbonyl (C=O) groups excluding carboxylic acids is 2. The fourth-order valence-electron chi connectivity index (χ4n) is 3.54. The summed E-state index contributed by atoms with van der Waals surface area (Å²) in [5.74, 6) is 0.763. The Morgan fingerprint density at radius 1 is 0.931 bits per heavy atom. The summed E-state index contributed by atoms with van der Waals surface area (Å²) in [4.78, 5) is 29.0. The van der Waals surface area contributed by atoms with Gasteiger partial charge in [0.25, 0.3) is 0 Å². The second-order valence-electron chi connectivity index (χ2n) is 7.02. The number of hydrogen-bond acceptors (Lipinski definition) is 3. The van der Waals surface area contributed by atoms with Crippen LogP contribution in [-0.2, 0) is 9.59 Å². The van der Waals surface area contributed by atoms with Crippen LogP contribution in [0.25, 0.3) is 0 Å². The number of nitrogens with zero attached hydrogens (tertiary/aromatic N) is 2. The van der Waals surface area contributed by atoms with Crippen LogP contribution < -0.4 is 14.5 Å². The number of benzene rings is 3. The number of amides is 2. The monoisotopic (exact) mass is 386 g/mol. The number of ether oxygens (including phenoxy) is 1. The van der Waals surface area contributed by atoms with Gasteiger partial charge in [-0.05, 0) is 36.4 Å². The lowest BCUT2D eigenvalue weighted by molar-refractivity contribution is -0.124. The van der Waals surface area contributed by atoms with Crippen molar-refractivity contribution < 1.29 is 14.3 Å². The molecule has 1 heterocycles. The Balaban J connectivity index is 1.54. The van der Waals surface area contributed by atoms with Crippen LogP contribution in [0.3, 0.4) is 0 Å². The summed E-state index contributed by atoms with van der Waals surface area (Å²) < 4.78 is 5.99. The van der Waals surface area contributed by atoms with Crippen LogP contribution in [0.5, 0.6) is 11.5 Å². The summed E-state index contributed by atoms with van der Waals surface area (Å²) in [5, 5.41) is 0. The van der Waals surface area contributed by atoms with E-state index in [1.54, 1.807) is 16.8 Å². The molecule has 0 saturated carbocycles. The van der Waals surface area contributed by atoms with E-state index in [1.807, 2.05) is 84.9 Å². The van der Waals surface area contributed by atoms with Crippen molar-refractivity contribution in [3.63, 3.8) is 0 Å². The van der Waals surface area contributed by atoms with Gasteiger partial charge in [-0.15, -0.1) is 0 Å². The third-order valence-corrected chi connectivity index (χ3v) is 5.08. The van der Waals surface area contributed by atoms with Gasteiger partial charge >= 0.3 is 0 Å². The normalized spacial score (nSPS) is 16.0. The fourth-order valence-corrected chi connectivity index (χ4v) is 3.54. The molecule has 3 aromatic carbocycles. The maximum absolute atomic E-state index is 13.0. The van der Waals surface area contributed by atoms with Crippen LogP contribution in [-0.4, -0.2) is 25.4 Å². The first-order valence-electron chi connectivity index (χ1n) is 9.58. The molecule has 0 aliphatic carbocycles. The van der Waals surface area contributed by atoms with E-state index in [1.165, 1.54) is 0 Å². The predicted molar refractivity (Wildman–Crippen MR) is 113 cm³/mol. The van der Waals surface area contributed by atoms with Gasteiger partial charge in [0.1, 0.15) is 5.75 Å². The van der Waals surface area contributed by atoms with Crippen molar-refractivity contribution in [2.75, 3.05) is 23.4 Å². The SMILES string of the molecule is CN(C(=O)C1CC(=O)N(c2ccccc2Oc2ccccc2)C1)c1ccccc1. The molecule has 0 aromatic heterocycles. The van der Waals surface area contributed by atoms with Crippen LogP contribution in [0.1, 0.15) is 6.42 Å². The molecule has 5 heteroatoms. The Bertz CT molecular complexity index is 1000. The van der Waals surface area contributed by atoms with Gasteiger partial charge < -0.3 is 14.5 Å². The van der Waals surface area contributed by atoms with Gasteiger partial charge in [0.2, 0.25) is 11.8 Å². The summed E-state index contributed by atoms with van der Waals surface area (Å²) in [6.07, 6.45) is 0.190. The van der Waals surface area contributed by atoms with E-state index in [4.69, 9.17) is 4.74 Å². The highest BCUT2D eigenvalue weighted by molar-refractivity contribution is 6.04. The van der Waals surface area contributed by atoms with Crippen molar-refractivity contribution in [2.45, 2.75) is 6.42 Å². The first-order chi connectivity index (χ1) is 14.1. The number of carbonyl (C=O) groups is 2. The zero-order valence-corrected chi connectivity index (χ0v) is 16.2. The van der Waals surface area contributed by atoms with Gasteiger partial charge in [-0.25, -0.2) is 0 Å². The van der Waals surface area contributed by atoms with E-state index in [0.29, 0.717) is 23.7 Å². The first kappa shape index (κ1) is 18.7. The predicted octanol–water partition coefficient (Wildman–Crippen LogP) is 4.49. The van der Waals surface area contributed by atoms with Crippen molar-refractivity contribution in [3.8, 4) is 11.5 Å². The van der Waals surface area contributed by atoms with E-state index in [0.717, 1.165) is 5.69 Å². The Hall–Kier alpha value is -3.60. The summed E-state index contributed by atoms with van der Waals surface area (Å²) in [6.45, 7) is 0.337. The molecule has 0 bridgehead atoms. The van der Waals surface area contributed by atoms with E-state index < -0.39 is 5.92 Å². The molecule has 0 radical (unpaired) electrons. The quantitative estimate of drug-likeness (QED) is 0.649. The second-order valence-corrected chi connectivity index (χ2v) is 7.02. The molecule has 146 valence electrons. The van der Waals surface area contributed by atoms with Gasteiger partial charge in [0.05, 0.1) is 11.6 Å². The lowest BCUT2D eigenvalue weighted by Gasteiger charge is -2.22. The lowest BCUT2D eigenvalue weighted by Crippen LogP contribution is -2.34. The van der Waals surface area contributed by atoms with Gasteiger partial charge in [-0.3, -0.25) is 9.59 Å². The molecule has 4 rings (SSSR count). The molecule has 0 spiro atoms. The number of anilines is 2. The van der Waals surface area contributed by atoms with Crippen molar-refractivity contribution in [1.29, 1.82) is 0 Å². The average Bonchev–Trinajstić information content (AvgIpc) is 3.16. The van der Waals surface area contributed by atoms with Crippen molar-refractivity contribution in [1.82, 2.24) is 0 Å². The van der Waals surface area contributed by atoms with Crippen molar-refractivity contribution >= 4 is 23.2 Å². The molecule has 3 aromatic rings.